The van der Waals surface area contributed by atoms with E-state index in [-0.39, 0.29) is 23.6 Å². The zero-order valence-corrected chi connectivity index (χ0v) is 20.2. The summed E-state index contributed by atoms with van der Waals surface area (Å²) >= 11 is 1.28. The Morgan fingerprint density at radius 2 is 1.85 bits per heavy atom. The second-order valence-electron chi connectivity index (χ2n) is 8.53. The zero-order chi connectivity index (χ0) is 24.2. The van der Waals surface area contributed by atoms with Crippen molar-refractivity contribution in [2.24, 2.45) is 0 Å². The van der Waals surface area contributed by atoms with Crippen molar-refractivity contribution in [1.29, 1.82) is 0 Å². The highest BCUT2D eigenvalue weighted by atomic mass is 32.1. The van der Waals surface area contributed by atoms with Crippen molar-refractivity contribution in [1.82, 2.24) is 10.2 Å². The molecule has 1 aliphatic rings. The first-order valence-electron chi connectivity index (χ1n) is 11.3. The molecule has 1 atom stereocenters. The van der Waals surface area contributed by atoms with Gasteiger partial charge in [0, 0.05) is 42.2 Å². The largest absolute Gasteiger partial charge is 0.326 e. The van der Waals surface area contributed by atoms with Gasteiger partial charge in [-0.25, -0.2) is 0 Å². The van der Waals surface area contributed by atoms with Crippen molar-refractivity contribution in [3.05, 3.63) is 64.2 Å². The van der Waals surface area contributed by atoms with Crippen LogP contribution in [-0.2, 0) is 9.59 Å². The minimum atomic E-state index is -0.339. The molecule has 1 fully saturated rings. The molecule has 2 N–H and O–H groups in total. The molecule has 1 aromatic heterocycles. The number of hydrogen-bond acceptors (Lipinski definition) is 6. The number of benzene rings is 2. The lowest BCUT2D eigenvalue weighted by molar-refractivity contribution is -0.117. The minimum Gasteiger partial charge on any atom is -0.326 e. The molecule has 0 spiro atoms. The van der Waals surface area contributed by atoms with Crippen molar-refractivity contribution in [2.45, 2.75) is 46.0 Å². The lowest BCUT2D eigenvalue weighted by Gasteiger charge is -2.17. The van der Waals surface area contributed by atoms with E-state index < -0.39 is 0 Å². The van der Waals surface area contributed by atoms with Gasteiger partial charge >= 0.3 is 0 Å². The maximum atomic E-state index is 12.7. The Kier molecular flexibility index (Phi) is 7.02. The highest BCUT2D eigenvalue weighted by Gasteiger charge is 2.34. The van der Waals surface area contributed by atoms with Gasteiger partial charge in [-0.2, -0.15) is 0 Å². The average molecular weight is 478 g/mol. The molecule has 0 radical (unpaired) electrons. The van der Waals surface area contributed by atoms with Crippen LogP contribution in [0.2, 0.25) is 0 Å². The molecule has 0 aliphatic carbocycles. The van der Waals surface area contributed by atoms with Gasteiger partial charge in [0.05, 0.1) is 0 Å². The predicted octanol–water partition coefficient (Wildman–Crippen LogP) is 4.67. The summed E-state index contributed by atoms with van der Waals surface area (Å²) in [5, 5.41) is 15.0. The van der Waals surface area contributed by atoms with E-state index in [1.807, 2.05) is 32.9 Å². The molecular formula is C25H27N5O3S. The van der Waals surface area contributed by atoms with Gasteiger partial charge in [-0.3, -0.25) is 19.7 Å². The molecule has 9 heteroatoms. The van der Waals surface area contributed by atoms with Crippen LogP contribution < -0.4 is 15.5 Å². The van der Waals surface area contributed by atoms with E-state index in [0.717, 1.165) is 28.2 Å². The molecule has 176 valence electrons. The second kappa shape index (κ2) is 10.1. The van der Waals surface area contributed by atoms with Gasteiger partial charge in [-0.05, 0) is 61.7 Å². The fraction of sp³-hybridized carbons (Fsp3) is 0.320. The Bertz CT molecular complexity index is 1220. The molecule has 8 nitrogen and oxygen atoms in total. The van der Waals surface area contributed by atoms with E-state index in [1.54, 1.807) is 29.2 Å². The highest BCUT2D eigenvalue weighted by molar-refractivity contribution is 7.15. The molecule has 4 rings (SSSR count). The van der Waals surface area contributed by atoms with Crippen molar-refractivity contribution >= 4 is 45.6 Å². The number of nitrogens with zero attached hydrogens (tertiary/aromatic N) is 3. The molecule has 1 saturated heterocycles. The summed E-state index contributed by atoms with van der Waals surface area (Å²) < 4.78 is 0. The van der Waals surface area contributed by atoms with Gasteiger partial charge in [0.25, 0.3) is 5.91 Å². The average Bonchev–Trinajstić information content (AvgIpc) is 3.40. The van der Waals surface area contributed by atoms with Crippen LogP contribution in [0.15, 0.2) is 42.5 Å². The van der Waals surface area contributed by atoms with Crippen LogP contribution in [0.5, 0.6) is 0 Å². The van der Waals surface area contributed by atoms with Gasteiger partial charge in [0.15, 0.2) is 0 Å². The highest BCUT2D eigenvalue weighted by Crippen LogP contribution is 2.35. The monoisotopic (exact) mass is 477 g/mol. The van der Waals surface area contributed by atoms with E-state index in [2.05, 4.69) is 26.9 Å². The first-order valence-corrected chi connectivity index (χ1v) is 12.1. The lowest BCUT2D eigenvalue weighted by Crippen LogP contribution is -2.24. The lowest BCUT2D eigenvalue weighted by atomic mass is 10.1. The van der Waals surface area contributed by atoms with Crippen molar-refractivity contribution < 1.29 is 14.4 Å². The van der Waals surface area contributed by atoms with Crippen LogP contribution in [0.1, 0.15) is 58.6 Å². The molecular weight excluding hydrogens is 450 g/mol. The zero-order valence-electron chi connectivity index (χ0n) is 19.4. The SMILES string of the molecule is CCCC(=O)Nc1cccc(C(=O)Nc2nnc(C3CC(=O)N(c4cc(C)cc(C)c4)C3)s2)c1. The molecule has 3 amide bonds. The van der Waals surface area contributed by atoms with Gasteiger partial charge in [-0.15, -0.1) is 10.2 Å². The molecule has 34 heavy (non-hydrogen) atoms. The minimum absolute atomic E-state index is 0.0534. The van der Waals surface area contributed by atoms with Crippen LogP contribution in [0.3, 0.4) is 0 Å². The summed E-state index contributed by atoms with van der Waals surface area (Å²) in [7, 11) is 0. The molecule has 2 aromatic carbocycles. The molecule has 1 unspecified atom stereocenters. The fourth-order valence-electron chi connectivity index (χ4n) is 4.04. The summed E-state index contributed by atoms with van der Waals surface area (Å²) in [6, 6.07) is 12.9. The molecule has 1 aliphatic heterocycles. The maximum absolute atomic E-state index is 12.7. The van der Waals surface area contributed by atoms with E-state index in [9.17, 15) is 14.4 Å². The van der Waals surface area contributed by atoms with Crippen molar-refractivity contribution in [3.8, 4) is 0 Å². The number of aryl methyl sites for hydroxylation is 2. The summed E-state index contributed by atoms with van der Waals surface area (Å²) in [6.07, 6.45) is 1.53. The third-order valence-electron chi connectivity index (χ3n) is 5.54. The van der Waals surface area contributed by atoms with Gasteiger partial charge in [-0.1, -0.05) is 30.4 Å². The Hall–Kier alpha value is -3.59. The Labute approximate surface area is 202 Å². The molecule has 0 bridgehead atoms. The molecule has 3 aromatic rings. The smallest absolute Gasteiger partial charge is 0.257 e. The first-order chi connectivity index (χ1) is 16.3. The number of amides is 3. The van der Waals surface area contributed by atoms with E-state index >= 15 is 0 Å². The Balaban J connectivity index is 1.41. The number of carbonyl (C=O) groups is 3. The molecule has 0 saturated carbocycles. The van der Waals surface area contributed by atoms with Gasteiger partial charge < -0.3 is 10.2 Å². The van der Waals surface area contributed by atoms with E-state index in [4.69, 9.17) is 0 Å². The number of aromatic nitrogens is 2. The summed E-state index contributed by atoms with van der Waals surface area (Å²) in [4.78, 5) is 39.0. The summed E-state index contributed by atoms with van der Waals surface area (Å²) in [5.74, 6) is -0.449. The van der Waals surface area contributed by atoms with Crippen LogP contribution in [0, 0.1) is 13.8 Å². The standard InChI is InChI=1S/C25H27N5O3S/c1-4-6-21(31)26-19-8-5-7-17(12-19)23(33)27-25-29-28-24(34-25)18-13-22(32)30(14-18)20-10-15(2)9-16(3)11-20/h5,7-12,18H,4,6,13-14H2,1-3H3,(H,26,31)(H,27,29,33). The van der Waals surface area contributed by atoms with Crippen LogP contribution >= 0.6 is 11.3 Å². The first kappa shape index (κ1) is 23.6. The maximum Gasteiger partial charge on any atom is 0.257 e. The third-order valence-corrected chi connectivity index (χ3v) is 6.54. The number of nitrogens with one attached hydrogen (secondary N) is 2. The predicted molar refractivity (Wildman–Crippen MR) is 133 cm³/mol. The van der Waals surface area contributed by atoms with Crippen LogP contribution in [0.4, 0.5) is 16.5 Å². The number of hydrogen-bond donors (Lipinski definition) is 2. The Morgan fingerprint density at radius 3 is 2.59 bits per heavy atom. The van der Waals surface area contributed by atoms with Crippen molar-refractivity contribution in [3.63, 3.8) is 0 Å². The van der Waals surface area contributed by atoms with Crippen LogP contribution in [-0.4, -0.2) is 34.5 Å². The van der Waals surface area contributed by atoms with Crippen molar-refractivity contribution in [2.75, 3.05) is 22.1 Å². The fourth-order valence-corrected chi connectivity index (χ4v) is 4.87. The van der Waals surface area contributed by atoms with E-state index in [0.29, 0.717) is 35.8 Å². The Morgan fingerprint density at radius 1 is 1.09 bits per heavy atom. The second-order valence-corrected chi connectivity index (χ2v) is 9.54. The summed E-state index contributed by atoms with van der Waals surface area (Å²) in [6.45, 7) is 6.50. The quantitative estimate of drug-likeness (QED) is 0.515. The summed E-state index contributed by atoms with van der Waals surface area (Å²) in [5.41, 5.74) is 4.10. The van der Waals surface area contributed by atoms with Crippen LogP contribution in [0.25, 0.3) is 0 Å². The third kappa shape index (κ3) is 5.48. The van der Waals surface area contributed by atoms with Gasteiger partial charge in [0.2, 0.25) is 16.9 Å². The number of anilines is 3. The normalized spacial score (nSPS) is 15.4. The van der Waals surface area contributed by atoms with Gasteiger partial charge in [0.1, 0.15) is 5.01 Å². The number of carbonyl (C=O) groups excluding carboxylic acids is 3. The number of rotatable bonds is 7. The molecule has 2 heterocycles. The van der Waals surface area contributed by atoms with E-state index in [1.165, 1.54) is 11.3 Å². The topological polar surface area (TPSA) is 104 Å².